The van der Waals surface area contributed by atoms with Crippen LogP contribution in [0.3, 0.4) is 0 Å². The number of rotatable bonds is 4. The van der Waals surface area contributed by atoms with Gasteiger partial charge in [0.1, 0.15) is 0 Å². The molecule has 2 aromatic heterocycles. The number of amides is 1. The largest absolute Gasteiger partial charge is 0.381 e. The van der Waals surface area contributed by atoms with Crippen molar-refractivity contribution in [3.05, 3.63) is 52.2 Å². The summed E-state index contributed by atoms with van der Waals surface area (Å²) in [6, 6.07) is 6.59. The van der Waals surface area contributed by atoms with Crippen molar-refractivity contribution in [3.63, 3.8) is 0 Å². The first-order valence-corrected chi connectivity index (χ1v) is 10.4. The molecule has 0 spiro atoms. The number of hydrogen-bond acceptors (Lipinski definition) is 5. The van der Waals surface area contributed by atoms with Gasteiger partial charge < -0.3 is 4.74 Å². The SMILES string of the molecule is Cc1ccc(-c2csc(NC(=O)c3cnn(C4CCOCC4)c3C)n2)c(C)c1. The average Bonchev–Trinajstić information content (AvgIpc) is 3.29. The zero-order valence-electron chi connectivity index (χ0n) is 16.4. The number of hydrogen-bond donors (Lipinski definition) is 1. The van der Waals surface area contributed by atoms with Crippen LogP contribution < -0.4 is 5.32 Å². The first kappa shape index (κ1) is 18.8. The first-order chi connectivity index (χ1) is 13.5. The molecule has 6 nitrogen and oxygen atoms in total. The van der Waals surface area contributed by atoms with E-state index >= 15 is 0 Å². The number of anilines is 1. The monoisotopic (exact) mass is 396 g/mol. The summed E-state index contributed by atoms with van der Waals surface area (Å²) in [5.74, 6) is -0.169. The number of carbonyl (C=O) groups excluding carboxylic acids is 1. The minimum absolute atomic E-state index is 0.169. The molecule has 0 radical (unpaired) electrons. The van der Waals surface area contributed by atoms with E-state index in [4.69, 9.17) is 4.74 Å². The second-order valence-corrected chi connectivity index (χ2v) is 8.10. The number of ether oxygens (including phenoxy) is 1. The molecule has 146 valence electrons. The molecule has 1 aliphatic heterocycles. The van der Waals surface area contributed by atoms with Crippen LogP contribution in [0.25, 0.3) is 11.3 Å². The van der Waals surface area contributed by atoms with E-state index in [1.54, 1.807) is 6.20 Å². The van der Waals surface area contributed by atoms with Crippen LogP contribution in [0.4, 0.5) is 5.13 Å². The third-order valence-electron chi connectivity index (χ3n) is 5.21. The smallest absolute Gasteiger partial charge is 0.260 e. The molecule has 1 amide bonds. The minimum atomic E-state index is -0.169. The van der Waals surface area contributed by atoms with Crippen LogP contribution in [0.5, 0.6) is 0 Å². The van der Waals surface area contributed by atoms with Crippen LogP contribution >= 0.6 is 11.3 Å². The lowest BCUT2D eigenvalue weighted by Crippen LogP contribution is -2.22. The fraction of sp³-hybridized carbons (Fsp3) is 0.381. The predicted molar refractivity (Wildman–Crippen MR) is 111 cm³/mol. The number of aryl methyl sites for hydroxylation is 2. The fourth-order valence-corrected chi connectivity index (χ4v) is 4.37. The van der Waals surface area contributed by atoms with Gasteiger partial charge in [0.15, 0.2) is 5.13 Å². The summed E-state index contributed by atoms with van der Waals surface area (Å²) in [6.07, 6.45) is 3.50. The van der Waals surface area contributed by atoms with Crippen molar-refractivity contribution in [1.29, 1.82) is 0 Å². The lowest BCUT2D eigenvalue weighted by molar-refractivity contribution is 0.0656. The highest BCUT2D eigenvalue weighted by atomic mass is 32.1. The van der Waals surface area contributed by atoms with E-state index in [1.807, 2.05) is 17.0 Å². The molecular formula is C21H24N4O2S. The second-order valence-electron chi connectivity index (χ2n) is 7.24. The first-order valence-electron chi connectivity index (χ1n) is 9.49. The Morgan fingerprint density at radius 3 is 2.79 bits per heavy atom. The molecule has 0 unspecified atom stereocenters. The second kappa shape index (κ2) is 7.85. The van der Waals surface area contributed by atoms with E-state index in [2.05, 4.69) is 47.4 Å². The zero-order valence-corrected chi connectivity index (χ0v) is 17.2. The molecule has 28 heavy (non-hydrogen) atoms. The summed E-state index contributed by atoms with van der Waals surface area (Å²) in [6.45, 7) is 7.58. The molecule has 1 N–H and O–H groups in total. The number of nitrogens with one attached hydrogen (secondary N) is 1. The van der Waals surface area contributed by atoms with Gasteiger partial charge in [0.2, 0.25) is 0 Å². The van der Waals surface area contributed by atoms with E-state index in [0.29, 0.717) is 16.7 Å². The maximum absolute atomic E-state index is 12.8. The Labute approximate surface area is 168 Å². The highest BCUT2D eigenvalue weighted by molar-refractivity contribution is 7.14. The summed E-state index contributed by atoms with van der Waals surface area (Å²) in [4.78, 5) is 17.4. The van der Waals surface area contributed by atoms with Gasteiger partial charge in [-0.3, -0.25) is 14.8 Å². The number of benzene rings is 1. The van der Waals surface area contributed by atoms with Crippen molar-refractivity contribution < 1.29 is 9.53 Å². The molecule has 3 aromatic rings. The third-order valence-corrected chi connectivity index (χ3v) is 5.97. The molecule has 1 fully saturated rings. The van der Waals surface area contributed by atoms with Crippen molar-refractivity contribution in [2.45, 2.75) is 39.7 Å². The molecule has 0 bridgehead atoms. The minimum Gasteiger partial charge on any atom is -0.381 e. The quantitative estimate of drug-likeness (QED) is 0.703. The number of aromatic nitrogens is 3. The Hall–Kier alpha value is -2.51. The molecule has 4 rings (SSSR count). The zero-order chi connectivity index (χ0) is 19.7. The van der Waals surface area contributed by atoms with Gasteiger partial charge in [-0.2, -0.15) is 5.10 Å². The molecule has 1 aliphatic rings. The Bertz CT molecular complexity index is 1000. The Balaban J connectivity index is 1.50. The van der Waals surface area contributed by atoms with Crippen LogP contribution in [-0.2, 0) is 4.74 Å². The lowest BCUT2D eigenvalue weighted by Gasteiger charge is -2.23. The molecule has 3 heterocycles. The number of carbonyl (C=O) groups is 1. The van der Waals surface area contributed by atoms with E-state index < -0.39 is 0 Å². The van der Waals surface area contributed by atoms with Crippen molar-refractivity contribution in [2.75, 3.05) is 18.5 Å². The summed E-state index contributed by atoms with van der Waals surface area (Å²) in [7, 11) is 0. The van der Waals surface area contributed by atoms with Gasteiger partial charge in [-0.15, -0.1) is 11.3 Å². The third kappa shape index (κ3) is 3.72. The maximum Gasteiger partial charge on any atom is 0.260 e. The van der Waals surface area contributed by atoms with E-state index in [-0.39, 0.29) is 5.91 Å². The molecule has 0 atom stereocenters. The van der Waals surface area contributed by atoms with Crippen molar-refractivity contribution >= 4 is 22.4 Å². The summed E-state index contributed by atoms with van der Waals surface area (Å²) >= 11 is 1.43. The lowest BCUT2D eigenvalue weighted by atomic mass is 10.0. The van der Waals surface area contributed by atoms with Crippen molar-refractivity contribution in [1.82, 2.24) is 14.8 Å². The molecule has 0 aliphatic carbocycles. The molecule has 1 saturated heterocycles. The fourth-order valence-electron chi connectivity index (χ4n) is 3.66. The Morgan fingerprint density at radius 2 is 2.04 bits per heavy atom. The van der Waals surface area contributed by atoms with Crippen LogP contribution in [0.15, 0.2) is 29.8 Å². The van der Waals surface area contributed by atoms with E-state index in [1.165, 1.54) is 22.5 Å². The number of thiazole rings is 1. The molecular weight excluding hydrogens is 372 g/mol. The van der Waals surface area contributed by atoms with Gasteiger partial charge >= 0.3 is 0 Å². The normalized spacial score (nSPS) is 15.0. The molecule has 7 heteroatoms. The average molecular weight is 397 g/mol. The summed E-state index contributed by atoms with van der Waals surface area (Å²) < 4.78 is 7.38. The number of nitrogens with zero attached hydrogens (tertiary/aromatic N) is 3. The predicted octanol–water partition coefficient (Wildman–Crippen LogP) is 4.54. The maximum atomic E-state index is 12.8. The van der Waals surface area contributed by atoms with Crippen LogP contribution in [0.2, 0.25) is 0 Å². The van der Waals surface area contributed by atoms with E-state index in [9.17, 15) is 4.79 Å². The van der Waals surface area contributed by atoms with Gasteiger partial charge in [0.05, 0.1) is 23.5 Å². The van der Waals surface area contributed by atoms with Gasteiger partial charge in [-0.05, 0) is 39.2 Å². The topological polar surface area (TPSA) is 69.0 Å². The van der Waals surface area contributed by atoms with Gasteiger partial charge in [-0.1, -0.05) is 23.8 Å². The van der Waals surface area contributed by atoms with Crippen molar-refractivity contribution in [3.8, 4) is 11.3 Å². The molecule has 1 aromatic carbocycles. The summed E-state index contributed by atoms with van der Waals surface area (Å²) in [5, 5.41) is 9.96. The Kier molecular flexibility index (Phi) is 5.28. The highest BCUT2D eigenvalue weighted by Gasteiger charge is 2.22. The van der Waals surface area contributed by atoms with Crippen LogP contribution in [0.1, 0.15) is 46.1 Å². The van der Waals surface area contributed by atoms with Gasteiger partial charge in [-0.25, -0.2) is 4.98 Å². The van der Waals surface area contributed by atoms with Crippen LogP contribution in [0, 0.1) is 20.8 Å². The van der Waals surface area contributed by atoms with Crippen molar-refractivity contribution in [2.24, 2.45) is 0 Å². The molecule has 0 saturated carbocycles. The van der Waals surface area contributed by atoms with Gasteiger partial charge in [0, 0.05) is 29.9 Å². The summed E-state index contributed by atoms with van der Waals surface area (Å²) in [5.41, 5.74) is 5.85. The van der Waals surface area contributed by atoms with Crippen LogP contribution in [-0.4, -0.2) is 33.9 Å². The standard InChI is InChI=1S/C21H24N4O2S/c1-13-4-5-17(14(2)10-13)19-12-28-21(23-19)24-20(26)18-11-22-25(15(18)3)16-6-8-27-9-7-16/h4-5,10-12,16H,6-9H2,1-3H3,(H,23,24,26). The van der Waals surface area contributed by atoms with Gasteiger partial charge in [0.25, 0.3) is 5.91 Å². The van der Waals surface area contributed by atoms with E-state index in [0.717, 1.165) is 43.0 Å². The highest BCUT2D eigenvalue weighted by Crippen LogP contribution is 2.29. The Morgan fingerprint density at radius 1 is 1.25 bits per heavy atom.